The van der Waals surface area contributed by atoms with E-state index in [0.29, 0.717) is 5.92 Å². The van der Waals surface area contributed by atoms with Crippen molar-refractivity contribution in [3.8, 4) is 0 Å². The molecule has 0 aromatic carbocycles. The Bertz CT molecular complexity index is 329. The lowest BCUT2D eigenvalue weighted by Crippen LogP contribution is -2.27. The van der Waals surface area contributed by atoms with Crippen LogP contribution in [-0.4, -0.2) is 21.2 Å². The predicted molar refractivity (Wildman–Crippen MR) is 48.4 cm³/mol. The van der Waals surface area contributed by atoms with Crippen molar-refractivity contribution in [2.24, 2.45) is 5.73 Å². The fourth-order valence-electron chi connectivity index (χ4n) is 1.95. The number of aromatic nitrogens is 3. The van der Waals surface area contributed by atoms with Crippen LogP contribution >= 0.6 is 0 Å². The molecule has 1 heterocycles. The topological polar surface area (TPSA) is 87.6 Å². The summed E-state index contributed by atoms with van der Waals surface area (Å²) < 4.78 is 0. The molecule has 1 saturated carbocycles. The lowest BCUT2D eigenvalue weighted by Gasteiger charge is -2.24. The minimum atomic E-state index is -0.228. The minimum Gasteiger partial charge on any atom is -0.328 e. The van der Waals surface area contributed by atoms with Crippen LogP contribution in [0.3, 0.4) is 0 Å². The molecule has 0 spiro atoms. The van der Waals surface area contributed by atoms with Crippen molar-refractivity contribution in [2.75, 3.05) is 0 Å². The number of nitrogens with one attached hydrogen (secondary N) is 2. The number of hydrogen-bond donors (Lipinski definition) is 3. The van der Waals surface area contributed by atoms with Crippen molar-refractivity contribution < 1.29 is 0 Å². The van der Waals surface area contributed by atoms with Crippen LogP contribution in [0.5, 0.6) is 0 Å². The predicted octanol–water partition coefficient (Wildman–Crippen LogP) is 0.0829. The van der Waals surface area contributed by atoms with Crippen molar-refractivity contribution in [3.05, 3.63) is 16.3 Å². The van der Waals surface area contributed by atoms with E-state index in [0.717, 1.165) is 31.5 Å². The van der Waals surface area contributed by atoms with Gasteiger partial charge in [-0.25, -0.2) is 9.89 Å². The molecular weight excluding hydrogens is 168 g/mol. The smallest absolute Gasteiger partial charge is 0.328 e. The van der Waals surface area contributed by atoms with E-state index in [-0.39, 0.29) is 11.7 Å². The van der Waals surface area contributed by atoms with Gasteiger partial charge >= 0.3 is 5.69 Å². The molecule has 0 saturated heterocycles. The van der Waals surface area contributed by atoms with E-state index in [1.165, 1.54) is 0 Å². The van der Waals surface area contributed by atoms with E-state index in [1.807, 2.05) is 0 Å². The average molecular weight is 182 g/mol. The largest absolute Gasteiger partial charge is 0.340 e. The van der Waals surface area contributed by atoms with E-state index >= 15 is 0 Å². The highest BCUT2D eigenvalue weighted by molar-refractivity contribution is 4.96. The number of hydrogen-bond acceptors (Lipinski definition) is 3. The third-order valence-electron chi connectivity index (χ3n) is 2.62. The van der Waals surface area contributed by atoms with Gasteiger partial charge in [-0.2, -0.15) is 5.10 Å². The fourth-order valence-corrected chi connectivity index (χ4v) is 1.95. The molecule has 0 bridgehead atoms. The molecule has 5 nitrogen and oxygen atoms in total. The zero-order valence-corrected chi connectivity index (χ0v) is 7.42. The van der Waals surface area contributed by atoms with Gasteiger partial charge in [-0.3, -0.25) is 4.98 Å². The van der Waals surface area contributed by atoms with Gasteiger partial charge in [-0.15, -0.1) is 0 Å². The van der Waals surface area contributed by atoms with Crippen molar-refractivity contribution in [1.82, 2.24) is 15.2 Å². The Morgan fingerprint density at radius 2 is 2.31 bits per heavy atom. The Balaban J connectivity index is 2.12. The zero-order valence-electron chi connectivity index (χ0n) is 7.42. The maximum Gasteiger partial charge on any atom is 0.340 e. The summed E-state index contributed by atoms with van der Waals surface area (Å²) in [5, 5.41) is 6.30. The average Bonchev–Trinajstić information content (AvgIpc) is 2.52. The molecule has 5 heteroatoms. The summed E-state index contributed by atoms with van der Waals surface area (Å²) in [6.45, 7) is 0. The molecule has 1 aliphatic rings. The van der Waals surface area contributed by atoms with Gasteiger partial charge in [0.2, 0.25) is 0 Å². The molecule has 1 fully saturated rings. The molecule has 0 aliphatic heterocycles. The Hall–Kier alpha value is -1.10. The van der Waals surface area contributed by atoms with Gasteiger partial charge in [-0.1, -0.05) is 6.42 Å². The minimum absolute atomic E-state index is 0.228. The van der Waals surface area contributed by atoms with Gasteiger partial charge in [0.15, 0.2) is 0 Å². The molecule has 2 atom stereocenters. The van der Waals surface area contributed by atoms with E-state index in [2.05, 4.69) is 15.2 Å². The fraction of sp³-hybridized carbons (Fsp3) is 0.750. The van der Waals surface area contributed by atoms with Crippen LogP contribution in [0.4, 0.5) is 0 Å². The van der Waals surface area contributed by atoms with E-state index in [1.54, 1.807) is 0 Å². The number of nitrogens with zero attached hydrogens (tertiary/aromatic N) is 1. The first-order chi connectivity index (χ1) is 6.25. The second-order valence-corrected chi connectivity index (χ2v) is 3.69. The number of aromatic amines is 2. The molecular formula is C8H14N4O. The first-order valence-electron chi connectivity index (χ1n) is 4.66. The molecule has 72 valence electrons. The molecule has 1 aromatic heterocycles. The van der Waals surface area contributed by atoms with Crippen molar-refractivity contribution in [3.63, 3.8) is 0 Å². The van der Waals surface area contributed by atoms with Crippen LogP contribution in [0, 0.1) is 0 Å². The second kappa shape index (κ2) is 3.33. The number of nitrogens with two attached hydrogens (primary N) is 1. The third-order valence-corrected chi connectivity index (χ3v) is 2.62. The maximum atomic E-state index is 10.8. The maximum absolute atomic E-state index is 10.8. The summed E-state index contributed by atoms with van der Waals surface area (Å²) in [7, 11) is 0. The number of H-pyrrole nitrogens is 2. The lowest BCUT2D eigenvalue weighted by atomic mass is 9.86. The summed E-state index contributed by atoms with van der Waals surface area (Å²) in [6, 6.07) is 0.263. The summed E-state index contributed by atoms with van der Waals surface area (Å²) >= 11 is 0. The third kappa shape index (κ3) is 1.80. The summed E-state index contributed by atoms with van der Waals surface area (Å²) in [4.78, 5) is 13.5. The van der Waals surface area contributed by atoms with Gasteiger partial charge in [0.25, 0.3) is 0 Å². The first kappa shape index (κ1) is 8.50. The van der Waals surface area contributed by atoms with Crippen molar-refractivity contribution in [2.45, 2.75) is 37.6 Å². The van der Waals surface area contributed by atoms with Crippen molar-refractivity contribution >= 4 is 0 Å². The Morgan fingerprint density at radius 1 is 1.46 bits per heavy atom. The van der Waals surface area contributed by atoms with Gasteiger partial charge in [0.05, 0.1) is 0 Å². The first-order valence-corrected chi connectivity index (χ1v) is 4.66. The molecule has 1 aliphatic carbocycles. The molecule has 0 radical (unpaired) electrons. The van der Waals surface area contributed by atoms with Gasteiger partial charge < -0.3 is 5.73 Å². The van der Waals surface area contributed by atoms with E-state index in [9.17, 15) is 4.79 Å². The Labute approximate surface area is 75.7 Å². The molecule has 4 N–H and O–H groups in total. The van der Waals surface area contributed by atoms with Crippen LogP contribution < -0.4 is 11.4 Å². The molecule has 2 unspecified atom stereocenters. The normalized spacial score (nSPS) is 29.0. The summed E-state index contributed by atoms with van der Waals surface area (Å²) in [5.74, 6) is 1.10. The van der Waals surface area contributed by atoms with Crippen LogP contribution in [0.25, 0.3) is 0 Å². The van der Waals surface area contributed by atoms with Crippen LogP contribution in [-0.2, 0) is 0 Å². The van der Waals surface area contributed by atoms with E-state index < -0.39 is 0 Å². The van der Waals surface area contributed by atoms with Crippen LogP contribution in [0.15, 0.2) is 4.79 Å². The monoisotopic (exact) mass is 182 g/mol. The Kier molecular flexibility index (Phi) is 2.18. The van der Waals surface area contributed by atoms with E-state index in [4.69, 9.17) is 5.73 Å². The molecule has 1 aromatic rings. The highest BCUT2D eigenvalue weighted by atomic mass is 16.1. The summed E-state index contributed by atoms with van der Waals surface area (Å²) in [6.07, 6.45) is 4.22. The zero-order chi connectivity index (χ0) is 9.26. The van der Waals surface area contributed by atoms with Crippen LogP contribution in [0.2, 0.25) is 0 Å². The molecule has 13 heavy (non-hydrogen) atoms. The SMILES string of the molecule is NC1CCCC(c2n[nH]c(=O)[nH]2)C1. The van der Waals surface area contributed by atoms with Gasteiger partial charge in [-0.05, 0) is 19.3 Å². The Morgan fingerprint density at radius 3 is 2.92 bits per heavy atom. The second-order valence-electron chi connectivity index (χ2n) is 3.69. The quantitative estimate of drug-likeness (QED) is 0.575. The molecule has 0 amide bonds. The highest BCUT2D eigenvalue weighted by Crippen LogP contribution is 2.29. The number of rotatable bonds is 1. The van der Waals surface area contributed by atoms with Crippen molar-refractivity contribution in [1.29, 1.82) is 0 Å². The van der Waals surface area contributed by atoms with Gasteiger partial charge in [0, 0.05) is 12.0 Å². The summed E-state index contributed by atoms with van der Waals surface area (Å²) in [5.41, 5.74) is 5.61. The lowest BCUT2D eigenvalue weighted by molar-refractivity contribution is 0.382. The van der Waals surface area contributed by atoms with Gasteiger partial charge in [0.1, 0.15) is 5.82 Å². The standard InChI is InChI=1S/C8H14N4O/c9-6-3-1-2-5(4-6)7-10-8(13)12-11-7/h5-6H,1-4,9H2,(H2,10,11,12,13). The van der Waals surface area contributed by atoms with Crippen LogP contribution in [0.1, 0.15) is 37.4 Å². The molecule has 2 rings (SSSR count). The highest BCUT2D eigenvalue weighted by Gasteiger charge is 2.22.